The Bertz CT molecular complexity index is 955. The van der Waals surface area contributed by atoms with Gasteiger partial charge < -0.3 is 14.8 Å². The Balaban J connectivity index is 1.37. The van der Waals surface area contributed by atoms with E-state index < -0.39 is 0 Å². The van der Waals surface area contributed by atoms with Crippen molar-refractivity contribution in [1.82, 2.24) is 24.8 Å². The molecule has 4 heterocycles. The summed E-state index contributed by atoms with van der Waals surface area (Å²) < 4.78 is 0. The van der Waals surface area contributed by atoms with Crippen molar-refractivity contribution in [3.05, 3.63) is 18.6 Å². The first-order valence-electron chi connectivity index (χ1n) is 9.38. The van der Waals surface area contributed by atoms with Crippen molar-refractivity contribution < 1.29 is 14.4 Å². The third-order valence-corrected chi connectivity index (χ3v) is 6.62. The SMILES string of the molecule is O=C1CSC(=O)N1CC(=O)N1CCCN(c2ncnc3[nH]ccc23)CC12CC2. The maximum atomic E-state index is 13.0. The zero-order chi connectivity index (χ0) is 19.3. The number of anilines is 1. The van der Waals surface area contributed by atoms with Crippen LogP contribution in [0.3, 0.4) is 0 Å². The van der Waals surface area contributed by atoms with Crippen LogP contribution in [0.4, 0.5) is 10.6 Å². The summed E-state index contributed by atoms with van der Waals surface area (Å²) in [5.74, 6) is 0.595. The first-order valence-corrected chi connectivity index (χ1v) is 10.4. The van der Waals surface area contributed by atoms with E-state index in [1.54, 1.807) is 6.33 Å². The van der Waals surface area contributed by atoms with Crippen LogP contribution in [0.2, 0.25) is 0 Å². The Labute approximate surface area is 165 Å². The lowest BCUT2D eigenvalue weighted by Crippen LogP contribution is -2.50. The largest absolute Gasteiger partial charge is 0.354 e. The lowest BCUT2D eigenvalue weighted by Gasteiger charge is -2.33. The molecule has 1 saturated carbocycles. The van der Waals surface area contributed by atoms with E-state index in [9.17, 15) is 14.4 Å². The topological polar surface area (TPSA) is 102 Å². The van der Waals surface area contributed by atoms with Crippen LogP contribution in [0.15, 0.2) is 18.6 Å². The van der Waals surface area contributed by atoms with Crippen LogP contribution in [0.1, 0.15) is 19.3 Å². The van der Waals surface area contributed by atoms with Crippen LogP contribution in [0.5, 0.6) is 0 Å². The highest BCUT2D eigenvalue weighted by molar-refractivity contribution is 8.14. The van der Waals surface area contributed by atoms with Crippen molar-refractivity contribution in [3.63, 3.8) is 0 Å². The molecular formula is C18H20N6O3S. The highest BCUT2D eigenvalue weighted by atomic mass is 32.2. The number of nitrogens with one attached hydrogen (secondary N) is 1. The third kappa shape index (κ3) is 2.83. The number of carbonyl (C=O) groups is 3. The first kappa shape index (κ1) is 17.5. The second-order valence-corrected chi connectivity index (χ2v) is 8.44. The molecule has 9 nitrogen and oxygen atoms in total. The van der Waals surface area contributed by atoms with E-state index in [-0.39, 0.29) is 34.9 Å². The summed E-state index contributed by atoms with van der Waals surface area (Å²) in [4.78, 5) is 53.8. The molecule has 2 aromatic heterocycles. The molecule has 2 aliphatic heterocycles. The molecule has 0 radical (unpaired) electrons. The van der Waals surface area contributed by atoms with Crippen molar-refractivity contribution in [2.45, 2.75) is 24.8 Å². The number of aromatic amines is 1. The van der Waals surface area contributed by atoms with Crippen molar-refractivity contribution in [2.24, 2.45) is 0 Å². The zero-order valence-electron chi connectivity index (χ0n) is 15.3. The van der Waals surface area contributed by atoms with Crippen LogP contribution in [0.25, 0.3) is 11.0 Å². The molecule has 10 heteroatoms. The molecular weight excluding hydrogens is 380 g/mol. The molecule has 2 aromatic rings. The third-order valence-electron chi connectivity index (χ3n) is 5.76. The molecule has 2 saturated heterocycles. The van der Waals surface area contributed by atoms with Crippen molar-refractivity contribution in [1.29, 1.82) is 0 Å². The van der Waals surface area contributed by atoms with Gasteiger partial charge in [-0.2, -0.15) is 0 Å². The smallest absolute Gasteiger partial charge is 0.289 e. The van der Waals surface area contributed by atoms with Crippen LogP contribution in [-0.4, -0.2) is 79.3 Å². The van der Waals surface area contributed by atoms with E-state index >= 15 is 0 Å². The quantitative estimate of drug-likeness (QED) is 0.826. The minimum absolute atomic E-state index is 0.130. The Morgan fingerprint density at radius 2 is 2.11 bits per heavy atom. The van der Waals surface area contributed by atoms with Crippen LogP contribution < -0.4 is 4.90 Å². The fourth-order valence-electron chi connectivity index (χ4n) is 4.18. The summed E-state index contributed by atoms with van der Waals surface area (Å²) in [6, 6.07) is 1.97. The molecule has 146 valence electrons. The van der Waals surface area contributed by atoms with E-state index in [2.05, 4.69) is 19.9 Å². The number of hydrogen-bond acceptors (Lipinski definition) is 7. The number of aromatic nitrogens is 3. The molecule has 5 rings (SSSR count). The standard InChI is InChI=1S/C18H20N6O3S/c25-13(8-23-14(26)9-28-17(23)27)24-7-1-6-22(10-18(24)3-4-18)16-12-2-5-19-15(12)20-11-21-16/h2,5,11H,1,3-4,6-10H2,(H,19,20,21). The van der Waals surface area contributed by atoms with Gasteiger partial charge in [0.25, 0.3) is 5.24 Å². The molecule has 0 bridgehead atoms. The molecule has 0 unspecified atom stereocenters. The minimum Gasteiger partial charge on any atom is -0.354 e. The normalized spacial score (nSPS) is 21.6. The van der Waals surface area contributed by atoms with Gasteiger partial charge in [0.15, 0.2) is 0 Å². The molecule has 28 heavy (non-hydrogen) atoms. The number of fused-ring (bicyclic) bond motifs is 1. The predicted octanol–water partition coefficient (Wildman–Crippen LogP) is 1.22. The Morgan fingerprint density at radius 1 is 1.25 bits per heavy atom. The van der Waals surface area contributed by atoms with Gasteiger partial charge in [0, 0.05) is 25.8 Å². The summed E-state index contributed by atoms with van der Waals surface area (Å²) in [7, 11) is 0. The summed E-state index contributed by atoms with van der Waals surface area (Å²) in [6.07, 6.45) is 6.07. The number of imide groups is 1. The zero-order valence-corrected chi connectivity index (χ0v) is 16.1. The van der Waals surface area contributed by atoms with Crippen LogP contribution in [0, 0.1) is 0 Å². The number of carbonyl (C=O) groups excluding carboxylic acids is 3. The first-order chi connectivity index (χ1) is 13.6. The van der Waals surface area contributed by atoms with Gasteiger partial charge >= 0.3 is 0 Å². The number of H-pyrrole nitrogens is 1. The van der Waals surface area contributed by atoms with Gasteiger partial charge in [-0.05, 0) is 25.3 Å². The number of amides is 3. The Kier molecular flexibility index (Phi) is 4.04. The fraction of sp³-hybridized carbons (Fsp3) is 0.500. The van der Waals surface area contributed by atoms with Crippen LogP contribution in [-0.2, 0) is 9.59 Å². The Morgan fingerprint density at radius 3 is 2.86 bits per heavy atom. The average molecular weight is 400 g/mol. The second kappa shape index (κ2) is 6.47. The van der Waals surface area contributed by atoms with Gasteiger partial charge in [-0.25, -0.2) is 9.97 Å². The molecule has 1 spiro atoms. The van der Waals surface area contributed by atoms with Crippen LogP contribution >= 0.6 is 11.8 Å². The van der Waals surface area contributed by atoms with E-state index in [0.29, 0.717) is 13.1 Å². The monoisotopic (exact) mass is 400 g/mol. The summed E-state index contributed by atoms with van der Waals surface area (Å²) in [5.41, 5.74) is 0.565. The Hall–Kier alpha value is -2.62. The number of hydrogen-bond donors (Lipinski definition) is 1. The molecule has 0 aromatic carbocycles. The van der Waals surface area contributed by atoms with Gasteiger partial charge in [-0.3, -0.25) is 19.3 Å². The molecule has 3 amide bonds. The molecule has 0 atom stereocenters. The predicted molar refractivity (Wildman–Crippen MR) is 104 cm³/mol. The van der Waals surface area contributed by atoms with E-state index in [4.69, 9.17) is 0 Å². The van der Waals surface area contributed by atoms with E-state index in [1.165, 1.54) is 0 Å². The van der Waals surface area contributed by atoms with Gasteiger partial charge in [-0.15, -0.1) is 0 Å². The van der Waals surface area contributed by atoms with E-state index in [0.717, 1.165) is 59.3 Å². The highest BCUT2D eigenvalue weighted by Gasteiger charge is 2.52. The lowest BCUT2D eigenvalue weighted by atomic mass is 10.2. The van der Waals surface area contributed by atoms with Crippen molar-refractivity contribution >= 4 is 45.7 Å². The molecule has 3 aliphatic rings. The second-order valence-electron chi connectivity index (χ2n) is 7.52. The lowest BCUT2D eigenvalue weighted by molar-refractivity contribution is -0.138. The number of thioether (sulfide) groups is 1. The number of nitrogens with zero attached hydrogens (tertiary/aromatic N) is 5. The fourth-order valence-corrected chi connectivity index (χ4v) is 4.91. The minimum atomic E-state index is -0.324. The molecule has 1 N–H and O–H groups in total. The highest BCUT2D eigenvalue weighted by Crippen LogP contribution is 2.45. The molecule has 1 aliphatic carbocycles. The molecule has 3 fully saturated rings. The summed E-state index contributed by atoms with van der Waals surface area (Å²) in [6.45, 7) is 1.97. The van der Waals surface area contributed by atoms with Crippen molar-refractivity contribution in [2.75, 3.05) is 36.8 Å². The maximum absolute atomic E-state index is 13.0. The average Bonchev–Trinajstić information content (AvgIpc) is 3.25. The van der Waals surface area contributed by atoms with Crippen molar-refractivity contribution in [3.8, 4) is 0 Å². The summed E-state index contributed by atoms with van der Waals surface area (Å²) in [5, 5.41) is 0.652. The van der Waals surface area contributed by atoms with E-state index in [1.807, 2.05) is 17.2 Å². The van der Waals surface area contributed by atoms with Gasteiger partial charge in [0.2, 0.25) is 11.8 Å². The van der Waals surface area contributed by atoms with Gasteiger partial charge in [-0.1, -0.05) is 11.8 Å². The number of rotatable bonds is 3. The maximum Gasteiger partial charge on any atom is 0.289 e. The summed E-state index contributed by atoms with van der Waals surface area (Å²) >= 11 is 0.963. The van der Waals surface area contributed by atoms with Gasteiger partial charge in [0.05, 0.1) is 16.7 Å². The van der Waals surface area contributed by atoms with Gasteiger partial charge in [0.1, 0.15) is 24.3 Å².